The van der Waals surface area contributed by atoms with Gasteiger partial charge in [0.25, 0.3) is 0 Å². The topological polar surface area (TPSA) is 74.7 Å². The molecular formula is C14H18BrNO4S. The smallest absolute Gasteiger partial charge is 0.324 e. The summed E-state index contributed by atoms with van der Waals surface area (Å²) < 4.78 is 27.3. The van der Waals surface area contributed by atoms with E-state index in [1.54, 1.807) is 12.1 Å². The van der Waals surface area contributed by atoms with Crippen LogP contribution in [0.25, 0.3) is 0 Å². The molecule has 116 valence electrons. The van der Waals surface area contributed by atoms with Crippen LogP contribution >= 0.6 is 15.9 Å². The van der Waals surface area contributed by atoms with Crippen LogP contribution in [0.1, 0.15) is 31.7 Å². The van der Waals surface area contributed by atoms with Crippen molar-refractivity contribution >= 4 is 31.9 Å². The summed E-state index contributed by atoms with van der Waals surface area (Å²) in [7, 11) is -3.86. The van der Waals surface area contributed by atoms with E-state index in [4.69, 9.17) is 0 Å². The number of carboxylic acids is 1. The van der Waals surface area contributed by atoms with Gasteiger partial charge in [0.05, 0.1) is 4.90 Å². The highest BCUT2D eigenvalue weighted by atomic mass is 79.9. The molecule has 1 N–H and O–H groups in total. The van der Waals surface area contributed by atoms with Crippen LogP contribution in [0, 0.1) is 6.92 Å². The minimum Gasteiger partial charge on any atom is -0.480 e. The van der Waals surface area contributed by atoms with Crippen molar-refractivity contribution in [2.45, 2.75) is 43.5 Å². The number of rotatable bonds is 3. The molecule has 0 bridgehead atoms. The molecule has 1 fully saturated rings. The van der Waals surface area contributed by atoms with Gasteiger partial charge in [-0.15, -0.1) is 0 Å². The Morgan fingerprint density at radius 2 is 2.05 bits per heavy atom. The Bertz CT molecular complexity index is 674. The van der Waals surface area contributed by atoms with Crippen LogP contribution in [0.5, 0.6) is 0 Å². The van der Waals surface area contributed by atoms with Crippen molar-refractivity contribution in [3.05, 3.63) is 28.2 Å². The third kappa shape index (κ3) is 2.86. The highest BCUT2D eigenvalue weighted by molar-refractivity contribution is 9.10. The van der Waals surface area contributed by atoms with Crippen molar-refractivity contribution in [1.82, 2.24) is 4.31 Å². The highest BCUT2D eigenvalue weighted by Gasteiger charge is 2.48. The van der Waals surface area contributed by atoms with Gasteiger partial charge in [-0.05, 0) is 66.7 Å². The second-order valence-electron chi connectivity index (χ2n) is 5.55. The zero-order chi connectivity index (χ0) is 15.8. The first-order chi connectivity index (χ1) is 9.69. The molecule has 0 spiro atoms. The maximum absolute atomic E-state index is 12.9. The van der Waals surface area contributed by atoms with E-state index >= 15 is 0 Å². The molecule has 0 aromatic heterocycles. The number of hydrogen-bond donors (Lipinski definition) is 1. The molecule has 1 heterocycles. The van der Waals surface area contributed by atoms with Gasteiger partial charge >= 0.3 is 5.97 Å². The number of nitrogens with zero attached hydrogens (tertiary/aromatic N) is 1. The Morgan fingerprint density at radius 3 is 2.62 bits per heavy atom. The third-order valence-corrected chi connectivity index (χ3v) is 6.94. The third-order valence-electron chi connectivity index (χ3n) is 3.94. The van der Waals surface area contributed by atoms with Gasteiger partial charge in [-0.3, -0.25) is 4.79 Å². The van der Waals surface area contributed by atoms with Gasteiger partial charge in [0.2, 0.25) is 10.0 Å². The minimum atomic E-state index is -3.86. The average Bonchev–Trinajstić information content (AvgIpc) is 2.38. The van der Waals surface area contributed by atoms with E-state index < -0.39 is 21.5 Å². The van der Waals surface area contributed by atoms with E-state index in [-0.39, 0.29) is 11.4 Å². The molecule has 1 aromatic carbocycles. The van der Waals surface area contributed by atoms with Crippen LogP contribution in [-0.2, 0) is 14.8 Å². The largest absolute Gasteiger partial charge is 0.480 e. The Balaban J connectivity index is 2.53. The van der Waals surface area contributed by atoms with E-state index in [2.05, 4.69) is 15.9 Å². The lowest BCUT2D eigenvalue weighted by molar-refractivity contribution is -0.149. The summed E-state index contributed by atoms with van der Waals surface area (Å²) in [6, 6.07) is 4.94. The van der Waals surface area contributed by atoms with Crippen LogP contribution in [0.15, 0.2) is 27.6 Å². The average molecular weight is 376 g/mol. The quantitative estimate of drug-likeness (QED) is 0.880. The molecular weight excluding hydrogens is 358 g/mol. The molecule has 7 heteroatoms. The maximum Gasteiger partial charge on any atom is 0.324 e. The van der Waals surface area contributed by atoms with Crippen molar-refractivity contribution in [3.63, 3.8) is 0 Å². The van der Waals surface area contributed by atoms with E-state index in [1.807, 2.05) is 6.92 Å². The fraction of sp³-hybridized carbons (Fsp3) is 0.500. The fourth-order valence-corrected chi connectivity index (χ4v) is 5.59. The molecule has 0 amide bonds. The second-order valence-corrected chi connectivity index (χ2v) is 8.23. The van der Waals surface area contributed by atoms with Gasteiger partial charge in [0.1, 0.15) is 5.54 Å². The molecule has 0 aliphatic carbocycles. The lowest BCUT2D eigenvalue weighted by Gasteiger charge is -2.40. The van der Waals surface area contributed by atoms with Crippen LogP contribution < -0.4 is 0 Å². The molecule has 1 aliphatic heterocycles. The SMILES string of the molecule is Cc1ccc(S(=O)(=O)N2CCCCC2(C)C(=O)O)c(Br)c1. The van der Waals surface area contributed by atoms with Crippen LogP contribution in [0.3, 0.4) is 0 Å². The zero-order valence-electron chi connectivity index (χ0n) is 12.0. The molecule has 5 nitrogen and oxygen atoms in total. The van der Waals surface area contributed by atoms with Crippen molar-refractivity contribution < 1.29 is 18.3 Å². The van der Waals surface area contributed by atoms with Gasteiger partial charge in [-0.25, -0.2) is 8.42 Å². The summed E-state index contributed by atoms with van der Waals surface area (Å²) in [5.41, 5.74) is -0.457. The molecule has 1 unspecified atom stereocenters. The Labute approximate surface area is 133 Å². The van der Waals surface area contributed by atoms with E-state index in [0.717, 1.165) is 9.87 Å². The Kier molecular flexibility index (Phi) is 4.46. The first-order valence-corrected chi connectivity index (χ1v) is 8.95. The summed E-state index contributed by atoms with van der Waals surface area (Å²) in [5.74, 6) is -1.10. The summed E-state index contributed by atoms with van der Waals surface area (Å²) >= 11 is 3.27. The van der Waals surface area contributed by atoms with Gasteiger partial charge in [-0.2, -0.15) is 4.31 Å². The van der Waals surface area contributed by atoms with Gasteiger partial charge < -0.3 is 5.11 Å². The summed E-state index contributed by atoms with van der Waals surface area (Å²) in [6.45, 7) is 3.57. The lowest BCUT2D eigenvalue weighted by atomic mass is 9.91. The second kappa shape index (κ2) is 5.70. The van der Waals surface area contributed by atoms with Crippen LogP contribution in [-0.4, -0.2) is 35.9 Å². The number of aliphatic carboxylic acids is 1. The monoisotopic (exact) mass is 375 g/mol. The number of sulfonamides is 1. The lowest BCUT2D eigenvalue weighted by Crippen LogP contribution is -2.57. The predicted octanol–water partition coefficient (Wildman–Crippen LogP) is 2.78. The summed E-state index contributed by atoms with van der Waals surface area (Å²) in [5, 5.41) is 9.47. The van der Waals surface area contributed by atoms with Crippen molar-refractivity contribution in [1.29, 1.82) is 0 Å². The molecule has 1 aromatic rings. The fourth-order valence-electron chi connectivity index (χ4n) is 2.63. The molecule has 2 rings (SSSR count). The molecule has 1 saturated heterocycles. The molecule has 1 aliphatic rings. The molecule has 21 heavy (non-hydrogen) atoms. The summed E-state index contributed by atoms with van der Waals surface area (Å²) in [4.78, 5) is 11.7. The van der Waals surface area contributed by atoms with Gasteiger partial charge in [0, 0.05) is 11.0 Å². The molecule has 0 radical (unpaired) electrons. The van der Waals surface area contributed by atoms with Crippen LogP contribution in [0.4, 0.5) is 0 Å². The minimum absolute atomic E-state index is 0.113. The van der Waals surface area contributed by atoms with E-state index in [0.29, 0.717) is 23.7 Å². The first kappa shape index (κ1) is 16.5. The number of carbonyl (C=O) groups is 1. The van der Waals surface area contributed by atoms with Crippen molar-refractivity contribution in [2.75, 3.05) is 6.54 Å². The predicted molar refractivity (Wildman–Crippen MR) is 82.7 cm³/mol. The van der Waals surface area contributed by atoms with E-state index in [9.17, 15) is 18.3 Å². The Hall–Kier alpha value is -0.920. The Morgan fingerprint density at radius 1 is 1.38 bits per heavy atom. The first-order valence-electron chi connectivity index (χ1n) is 6.72. The maximum atomic E-state index is 12.9. The van der Waals surface area contributed by atoms with E-state index in [1.165, 1.54) is 13.0 Å². The summed E-state index contributed by atoms with van der Waals surface area (Å²) in [6.07, 6.45) is 1.71. The highest BCUT2D eigenvalue weighted by Crippen LogP contribution is 2.35. The van der Waals surface area contributed by atoms with Gasteiger partial charge in [0.15, 0.2) is 0 Å². The zero-order valence-corrected chi connectivity index (χ0v) is 14.4. The number of benzene rings is 1. The number of aryl methyl sites for hydroxylation is 1. The van der Waals surface area contributed by atoms with Crippen LogP contribution in [0.2, 0.25) is 0 Å². The van der Waals surface area contributed by atoms with Crippen molar-refractivity contribution in [3.8, 4) is 0 Å². The normalized spacial score (nSPS) is 24.0. The molecule has 1 atom stereocenters. The standard InChI is InChI=1S/C14H18BrNO4S/c1-10-5-6-12(11(15)9-10)21(19,20)16-8-4-3-7-14(16,2)13(17)18/h5-6,9H,3-4,7-8H2,1-2H3,(H,17,18). The van der Waals surface area contributed by atoms with Gasteiger partial charge in [-0.1, -0.05) is 6.07 Å². The number of halogens is 1. The number of piperidine rings is 1. The van der Waals surface area contributed by atoms with Crippen molar-refractivity contribution in [2.24, 2.45) is 0 Å². The molecule has 0 saturated carbocycles. The number of carboxylic acid groups (broad SMARTS) is 1. The number of hydrogen-bond acceptors (Lipinski definition) is 3.